The predicted molar refractivity (Wildman–Crippen MR) is 95.0 cm³/mol. The van der Waals surface area contributed by atoms with E-state index >= 15 is 4.39 Å². The normalized spacial score (nSPS) is 22.5. The third-order valence-corrected chi connectivity index (χ3v) is 4.97. The molecule has 1 aromatic carbocycles. The lowest BCUT2D eigenvalue weighted by Crippen LogP contribution is -2.45. The molecule has 0 bridgehead atoms. The number of piperazine rings is 1. The van der Waals surface area contributed by atoms with Crippen LogP contribution < -0.4 is 15.1 Å². The van der Waals surface area contributed by atoms with E-state index in [0.717, 1.165) is 6.07 Å². The van der Waals surface area contributed by atoms with Gasteiger partial charge in [0.2, 0.25) is 5.43 Å². The molecule has 1 fully saturated rings. The zero-order chi connectivity index (χ0) is 21.1. The van der Waals surface area contributed by atoms with Gasteiger partial charge in [0, 0.05) is 36.5 Å². The van der Waals surface area contributed by atoms with Gasteiger partial charge in [-0.25, -0.2) is 9.18 Å². The topological polar surface area (TPSA) is 75.0 Å². The van der Waals surface area contributed by atoms with Crippen LogP contribution in [0.5, 0.6) is 5.75 Å². The summed E-state index contributed by atoms with van der Waals surface area (Å²) in [5.41, 5.74) is -0.657. The molecular formula is C18H20FN3O4. The second kappa shape index (κ2) is 5.98. The lowest BCUT2D eigenvalue weighted by molar-refractivity contribution is 0.0694. The van der Waals surface area contributed by atoms with Crippen LogP contribution in [0, 0.1) is 5.82 Å². The second-order valence-electron chi connectivity index (χ2n) is 6.65. The van der Waals surface area contributed by atoms with Crippen LogP contribution in [0.2, 0.25) is 0 Å². The van der Waals surface area contributed by atoms with Crippen LogP contribution in [-0.2, 0) is 0 Å². The molecule has 0 radical (unpaired) electrons. The predicted octanol–water partition coefficient (Wildman–Crippen LogP) is 1.54. The van der Waals surface area contributed by atoms with Crippen molar-refractivity contribution in [3.8, 4) is 5.75 Å². The molecule has 2 aliphatic heterocycles. The maximum absolute atomic E-state index is 15.1. The number of carbonyl (C=O) groups is 1. The molecule has 1 saturated heterocycles. The summed E-state index contributed by atoms with van der Waals surface area (Å²) in [5, 5.41) is 9.29. The molecule has 7 nitrogen and oxygen atoms in total. The van der Waals surface area contributed by atoms with E-state index < -0.39 is 29.8 Å². The van der Waals surface area contributed by atoms with E-state index in [4.69, 9.17) is 8.85 Å². The molecule has 0 spiro atoms. The van der Waals surface area contributed by atoms with E-state index in [9.17, 15) is 14.7 Å². The number of carboxylic acids is 1. The molecule has 8 heteroatoms. The number of benzene rings is 1. The van der Waals surface area contributed by atoms with Crippen molar-refractivity contribution in [1.82, 2.24) is 9.47 Å². The van der Waals surface area contributed by atoms with Crippen molar-refractivity contribution in [2.24, 2.45) is 0 Å². The molecule has 26 heavy (non-hydrogen) atoms. The van der Waals surface area contributed by atoms with Gasteiger partial charge in [-0.05, 0) is 20.0 Å². The number of anilines is 1. The Bertz CT molecular complexity index is 1060. The molecule has 1 aromatic heterocycles. The number of pyridine rings is 1. The lowest BCUT2D eigenvalue weighted by Gasteiger charge is -2.37. The summed E-state index contributed by atoms with van der Waals surface area (Å²) in [7, 11) is 0. The second-order valence-corrected chi connectivity index (χ2v) is 6.65. The van der Waals surface area contributed by atoms with Crippen molar-refractivity contribution in [1.29, 1.82) is 0 Å². The molecule has 1 atom stereocenters. The van der Waals surface area contributed by atoms with Crippen LogP contribution in [-0.4, -0.2) is 60.3 Å². The quantitative estimate of drug-likeness (QED) is 0.871. The van der Waals surface area contributed by atoms with Gasteiger partial charge in [0.25, 0.3) is 0 Å². The number of likely N-dealkylation sites (N-methyl/N-ethyl adjacent to an activating group) is 1. The van der Waals surface area contributed by atoms with Gasteiger partial charge in [0.1, 0.15) is 17.9 Å². The fourth-order valence-corrected chi connectivity index (χ4v) is 3.59. The Morgan fingerprint density at radius 2 is 2.12 bits per heavy atom. The van der Waals surface area contributed by atoms with Gasteiger partial charge in [-0.2, -0.15) is 0 Å². The number of nitrogens with zero attached hydrogens (tertiary/aromatic N) is 3. The molecule has 0 amide bonds. The number of rotatable bonds is 2. The largest absolute Gasteiger partial charge is 0.487 e. The van der Waals surface area contributed by atoms with E-state index in [1.54, 1.807) is 9.47 Å². The molecular weight excluding hydrogens is 341 g/mol. The number of aromatic nitrogens is 1. The van der Waals surface area contributed by atoms with Crippen molar-refractivity contribution >= 4 is 22.6 Å². The third-order valence-electron chi connectivity index (χ3n) is 4.97. The van der Waals surface area contributed by atoms with Gasteiger partial charge in [0.15, 0.2) is 11.6 Å². The number of hydrogen-bond donors (Lipinski definition) is 1. The first-order chi connectivity index (χ1) is 13.6. The maximum atomic E-state index is 15.1. The number of ether oxygens (including phenoxy) is 1. The maximum Gasteiger partial charge on any atom is 0.341 e. The standard InChI is InChI=1S/C18H20FN3O4/c1-10-9-26-17-14-11(16(23)12(18(24)25)8-22(10)14)7-13(19)15(17)21-5-3-20(2)4-6-21/h7-8,10H,3-6,9H2,1-2H3,(H,24,25)/t10-/m1/s1/i2D3. The van der Waals surface area contributed by atoms with Crippen molar-refractivity contribution in [3.63, 3.8) is 0 Å². The Kier molecular flexibility index (Phi) is 3.12. The van der Waals surface area contributed by atoms with E-state index in [0.29, 0.717) is 5.52 Å². The molecule has 4 rings (SSSR count). The number of carboxylic acid groups (broad SMARTS) is 1. The first-order valence-electron chi connectivity index (χ1n) is 9.87. The van der Waals surface area contributed by atoms with Gasteiger partial charge in [-0.1, -0.05) is 0 Å². The van der Waals surface area contributed by atoms with Crippen LogP contribution in [0.4, 0.5) is 10.1 Å². The number of hydrogen-bond acceptors (Lipinski definition) is 5. The molecule has 0 aliphatic carbocycles. The summed E-state index contributed by atoms with van der Waals surface area (Å²) in [6.45, 7) is 0.825. The molecule has 1 N–H and O–H groups in total. The van der Waals surface area contributed by atoms with E-state index in [-0.39, 0.29) is 55.7 Å². The summed E-state index contributed by atoms with van der Waals surface area (Å²) in [4.78, 5) is 27.1. The van der Waals surface area contributed by atoms with E-state index in [1.165, 1.54) is 11.1 Å². The van der Waals surface area contributed by atoms with Crippen LogP contribution in [0.1, 0.15) is 27.4 Å². The summed E-state index contributed by atoms with van der Waals surface area (Å²) >= 11 is 0. The van der Waals surface area contributed by atoms with Crippen LogP contribution in [0.25, 0.3) is 10.9 Å². The number of aromatic carboxylic acids is 1. The van der Waals surface area contributed by atoms with E-state index in [1.807, 2.05) is 6.92 Å². The van der Waals surface area contributed by atoms with Gasteiger partial charge < -0.3 is 24.2 Å². The minimum absolute atomic E-state index is 0.0474. The molecule has 138 valence electrons. The van der Waals surface area contributed by atoms with Crippen molar-refractivity contribution < 1.29 is 23.1 Å². The van der Waals surface area contributed by atoms with Crippen molar-refractivity contribution in [2.45, 2.75) is 13.0 Å². The minimum atomic E-state index is -2.21. The average Bonchev–Trinajstić information content (AvgIpc) is 2.65. The highest BCUT2D eigenvalue weighted by atomic mass is 19.1. The SMILES string of the molecule is [2H]C([2H])([2H])N1CCN(c2c(F)cc3c(=O)c(C(=O)O)cn4c3c2OC[C@H]4C)CC1. The van der Waals surface area contributed by atoms with Crippen LogP contribution in [0.15, 0.2) is 17.1 Å². The highest BCUT2D eigenvalue weighted by Gasteiger charge is 2.30. The van der Waals surface area contributed by atoms with Gasteiger partial charge in [0.05, 0.1) is 16.9 Å². The molecule has 0 unspecified atom stereocenters. The summed E-state index contributed by atoms with van der Waals surface area (Å²) < 4.78 is 45.1. The van der Waals surface area contributed by atoms with Crippen molar-refractivity contribution in [3.05, 3.63) is 33.9 Å². The zero-order valence-electron chi connectivity index (χ0n) is 17.2. The summed E-state index contributed by atoms with van der Waals surface area (Å²) in [6, 6.07) is 0.811. The highest BCUT2D eigenvalue weighted by Crippen LogP contribution is 2.42. The van der Waals surface area contributed by atoms with Crippen LogP contribution >= 0.6 is 0 Å². The summed E-state index contributed by atoms with van der Waals surface area (Å²) in [5.74, 6) is -1.88. The van der Waals surface area contributed by atoms with Gasteiger partial charge in [-0.15, -0.1) is 0 Å². The van der Waals surface area contributed by atoms with Crippen LogP contribution in [0.3, 0.4) is 0 Å². The zero-order valence-corrected chi connectivity index (χ0v) is 14.2. The Hall–Kier alpha value is -2.61. The fraction of sp³-hybridized carbons (Fsp3) is 0.444. The first kappa shape index (κ1) is 13.6. The molecule has 2 aliphatic rings. The Balaban J connectivity index is 1.86. The van der Waals surface area contributed by atoms with Crippen molar-refractivity contribution in [2.75, 3.05) is 44.7 Å². The Labute approximate surface area is 153 Å². The van der Waals surface area contributed by atoms with Gasteiger partial charge in [-0.3, -0.25) is 4.79 Å². The highest BCUT2D eigenvalue weighted by molar-refractivity contribution is 5.97. The molecule has 0 saturated carbocycles. The Morgan fingerprint density at radius 3 is 2.77 bits per heavy atom. The lowest BCUT2D eigenvalue weighted by atomic mass is 10.1. The summed E-state index contributed by atoms with van der Waals surface area (Å²) in [6.07, 6.45) is 1.28. The van der Waals surface area contributed by atoms with Gasteiger partial charge >= 0.3 is 5.97 Å². The average molecular weight is 364 g/mol. The van der Waals surface area contributed by atoms with E-state index in [2.05, 4.69) is 0 Å². The fourth-order valence-electron chi connectivity index (χ4n) is 3.59. The third kappa shape index (κ3) is 2.44. The number of halogens is 1. The first-order valence-corrected chi connectivity index (χ1v) is 8.37. The smallest absolute Gasteiger partial charge is 0.341 e. The minimum Gasteiger partial charge on any atom is -0.487 e. The Morgan fingerprint density at radius 1 is 1.38 bits per heavy atom. The molecule has 3 heterocycles. The molecule has 2 aromatic rings. The monoisotopic (exact) mass is 364 g/mol.